The lowest BCUT2D eigenvalue weighted by atomic mass is 10.00. The number of carbonyl (C=O) groups excluding carboxylic acids is 1. The molecule has 1 fully saturated rings. The maximum absolute atomic E-state index is 12.2. The van der Waals surface area contributed by atoms with E-state index in [1.165, 1.54) is 6.42 Å². The second kappa shape index (κ2) is 7.29. The summed E-state index contributed by atoms with van der Waals surface area (Å²) in [6.07, 6.45) is 4.97. The number of hydrogen-bond acceptors (Lipinski definition) is 4. The van der Waals surface area contributed by atoms with E-state index in [9.17, 15) is 4.79 Å². The van der Waals surface area contributed by atoms with Gasteiger partial charge in [-0.2, -0.15) is 0 Å². The first-order chi connectivity index (χ1) is 9.74. The molecule has 0 N–H and O–H groups in total. The second-order valence-electron chi connectivity index (χ2n) is 5.02. The summed E-state index contributed by atoms with van der Waals surface area (Å²) in [5, 5.41) is 0. The van der Waals surface area contributed by atoms with Gasteiger partial charge in [0.2, 0.25) is 0 Å². The Bertz CT molecular complexity index is 450. The van der Waals surface area contributed by atoms with Crippen LogP contribution in [0.15, 0.2) is 18.2 Å². The number of carbonyl (C=O) groups is 1. The summed E-state index contributed by atoms with van der Waals surface area (Å²) in [7, 11) is 3.15. The molecule has 20 heavy (non-hydrogen) atoms. The van der Waals surface area contributed by atoms with Crippen LogP contribution in [-0.2, 0) is 4.74 Å². The van der Waals surface area contributed by atoms with Crippen LogP contribution in [0.5, 0.6) is 11.5 Å². The molecule has 1 aliphatic heterocycles. The Morgan fingerprint density at radius 1 is 1.25 bits per heavy atom. The number of methoxy groups -OCH3 is 2. The van der Waals surface area contributed by atoms with Crippen molar-refractivity contribution in [1.82, 2.24) is 0 Å². The van der Waals surface area contributed by atoms with Gasteiger partial charge in [-0.15, -0.1) is 0 Å². The van der Waals surface area contributed by atoms with E-state index in [-0.39, 0.29) is 11.9 Å². The first kappa shape index (κ1) is 14.9. The third kappa shape index (κ3) is 3.73. The molecule has 1 aromatic rings. The van der Waals surface area contributed by atoms with Crippen molar-refractivity contribution in [3.63, 3.8) is 0 Å². The van der Waals surface area contributed by atoms with Gasteiger partial charge < -0.3 is 14.2 Å². The van der Waals surface area contributed by atoms with Crippen molar-refractivity contribution >= 4 is 5.78 Å². The van der Waals surface area contributed by atoms with Crippen molar-refractivity contribution in [3.05, 3.63) is 23.8 Å². The highest BCUT2D eigenvalue weighted by molar-refractivity contribution is 5.96. The quantitative estimate of drug-likeness (QED) is 0.749. The standard InChI is InChI=1S/C16H22O4/c1-18-15-9-6-12(11-16(15)19-2)14(17)8-7-13-5-3-4-10-20-13/h6,9,11,13H,3-5,7-8,10H2,1-2H3. The largest absolute Gasteiger partial charge is 0.493 e. The van der Waals surface area contributed by atoms with Crippen molar-refractivity contribution in [1.29, 1.82) is 0 Å². The minimum Gasteiger partial charge on any atom is -0.493 e. The summed E-state index contributed by atoms with van der Waals surface area (Å²) in [6, 6.07) is 5.29. The number of ether oxygens (including phenoxy) is 3. The molecule has 0 radical (unpaired) electrons. The maximum atomic E-state index is 12.2. The molecule has 0 saturated carbocycles. The summed E-state index contributed by atoms with van der Waals surface area (Å²) in [4.78, 5) is 12.2. The molecule has 0 amide bonds. The molecule has 1 aliphatic rings. The van der Waals surface area contributed by atoms with Crippen LogP contribution < -0.4 is 9.47 Å². The zero-order valence-electron chi connectivity index (χ0n) is 12.2. The molecule has 0 bridgehead atoms. The van der Waals surface area contributed by atoms with Crippen LogP contribution in [0.1, 0.15) is 42.5 Å². The van der Waals surface area contributed by atoms with Crippen molar-refractivity contribution in [2.75, 3.05) is 20.8 Å². The molecule has 1 aromatic carbocycles. The van der Waals surface area contributed by atoms with Gasteiger partial charge in [0, 0.05) is 18.6 Å². The Morgan fingerprint density at radius 3 is 2.70 bits per heavy atom. The molecular formula is C16H22O4. The highest BCUT2D eigenvalue weighted by Crippen LogP contribution is 2.28. The summed E-state index contributed by atoms with van der Waals surface area (Å²) in [5.41, 5.74) is 0.665. The Hall–Kier alpha value is -1.55. The molecule has 1 unspecified atom stereocenters. The third-order valence-corrected chi connectivity index (χ3v) is 3.67. The van der Waals surface area contributed by atoms with Crippen molar-refractivity contribution in [3.8, 4) is 11.5 Å². The summed E-state index contributed by atoms with van der Waals surface area (Å²) in [5.74, 6) is 1.35. The van der Waals surface area contributed by atoms with Gasteiger partial charge in [0.05, 0.1) is 20.3 Å². The maximum Gasteiger partial charge on any atom is 0.163 e. The number of benzene rings is 1. The first-order valence-electron chi connectivity index (χ1n) is 7.11. The van der Waals surface area contributed by atoms with Crippen molar-refractivity contribution < 1.29 is 19.0 Å². The van der Waals surface area contributed by atoms with Gasteiger partial charge in [-0.05, 0) is 43.9 Å². The monoisotopic (exact) mass is 278 g/mol. The minimum absolute atomic E-state index is 0.125. The minimum atomic E-state index is 0.125. The van der Waals surface area contributed by atoms with Crippen LogP contribution in [0.25, 0.3) is 0 Å². The number of rotatable bonds is 6. The lowest BCUT2D eigenvalue weighted by molar-refractivity contribution is 0.0104. The number of Topliss-reactive ketones (excluding diaryl/α,β-unsaturated/α-hetero) is 1. The fourth-order valence-electron chi connectivity index (χ4n) is 2.48. The normalized spacial score (nSPS) is 18.6. The third-order valence-electron chi connectivity index (χ3n) is 3.67. The molecule has 0 aromatic heterocycles. The van der Waals surface area contributed by atoms with Crippen LogP contribution in [0, 0.1) is 0 Å². The summed E-state index contributed by atoms with van der Waals surface area (Å²) < 4.78 is 16.0. The fraction of sp³-hybridized carbons (Fsp3) is 0.562. The van der Waals surface area contributed by atoms with E-state index in [1.54, 1.807) is 32.4 Å². The predicted molar refractivity (Wildman–Crippen MR) is 76.7 cm³/mol. The average molecular weight is 278 g/mol. The Kier molecular flexibility index (Phi) is 5.41. The molecule has 110 valence electrons. The van der Waals surface area contributed by atoms with Gasteiger partial charge in [-0.1, -0.05) is 0 Å². The van der Waals surface area contributed by atoms with Crippen LogP contribution in [0.4, 0.5) is 0 Å². The molecule has 1 atom stereocenters. The van der Waals surface area contributed by atoms with Gasteiger partial charge in [-0.25, -0.2) is 0 Å². The van der Waals surface area contributed by atoms with E-state index < -0.39 is 0 Å². The zero-order chi connectivity index (χ0) is 14.4. The van der Waals surface area contributed by atoms with E-state index in [0.29, 0.717) is 23.5 Å². The summed E-state index contributed by atoms with van der Waals surface area (Å²) >= 11 is 0. The molecule has 4 heteroatoms. The molecule has 0 aliphatic carbocycles. The van der Waals surface area contributed by atoms with E-state index in [2.05, 4.69) is 0 Å². The number of ketones is 1. The average Bonchev–Trinajstić information content (AvgIpc) is 2.52. The lowest BCUT2D eigenvalue weighted by Crippen LogP contribution is -2.20. The first-order valence-corrected chi connectivity index (χ1v) is 7.11. The molecule has 4 nitrogen and oxygen atoms in total. The highest BCUT2D eigenvalue weighted by Gasteiger charge is 2.17. The van der Waals surface area contributed by atoms with E-state index in [4.69, 9.17) is 14.2 Å². The lowest BCUT2D eigenvalue weighted by Gasteiger charge is -2.22. The van der Waals surface area contributed by atoms with Crippen molar-refractivity contribution in [2.45, 2.75) is 38.2 Å². The Labute approximate surface area is 120 Å². The second-order valence-corrected chi connectivity index (χ2v) is 5.02. The van der Waals surface area contributed by atoms with Crippen molar-refractivity contribution in [2.24, 2.45) is 0 Å². The molecular weight excluding hydrogens is 256 g/mol. The summed E-state index contributed by atoms with van der Waals surface area (Å²) in [6.45, 7) is 0.829. The van der Waals surface area contributed by atoms with Gasteiger partial charge in [0.25, 0.3) is 0 Å². The predicted octanol–water partition coefficient (Wildman–Crippen LogP) is 3.24. The van der Waals surface area contributed by atoms with E-state index in [1.807, 2.05) is 0 Å². The zero-order valence-corrected chi connectivity index (χ0v) is 12.2. The Balaban J connectivity index is 1.94. The van der Waals surface area contributed by atoms with Gasteiger partial charge in [0.15, 0.2) is 17.3 Å². The topological polar surface area (TPSA) is 44.8 Å². The SMILES string of the molecule is COc1ccc(C(=O)CCC2CCCCO2)cc1OC. The van der Waals surface area contributed by atoms with E-state index in [0.717, 1.165) is 25.9 Å². The fourth-order valence-corrected chi connectivity index (χ4v) is 2.48. The van der Waals surface area contributed by atoms with Crippen LogP contribution >= 0.6 is 0 Å². The van der Waals surface area contributed by atoms with Gasteiger partial charge in [-0.3, -0.25) is 4.79 Å². The van der Waals surface area contributed by atoms with Crippen LogP contribution in [0.3, 0.4) is 0 Å². The van der Waals surface area contributed by atoms with Crippen LogP contribution in [0.2, 0.25) is 0 Å². The Morgan fingerprint density at radius 2 is 2.05 bits per heavy atom. The molecule has 2 rings (SSSR count). The molecule has 1 saturated heterocycles. The smallest absolute Gasteiger partial charge is 0.163 e. The van der Waals surface area contributed by atoms with Gasteiger partial charge >= 0.3 is 0 Å². The van der Waals surface area contributed by atoms with Gasteiger partial charge in [0.1, 0.15) is 0 Å². The van der Waals surface area contributed by atoms with Crippen LogP contribution in [-0.4, -0.2) is 32.7 Å². The molecule has 0 spiro atoms. The van der Waals surface area contributed by atoms with E-state index >= 15 is 0 Å². The molecule has 1 heterocycles. The highest BCUT2D eigenvalue weighted by atomic mass is 16.5. The number of hydrogen-bond donors (Lipinski definition) is 0.